The number of rotatable bonds is 10. The van der Waals surface area contributed by atoms with Crippen LogP contribution in [0.3, 0.4) is 0 Å². The van der Waals surface area contributed by atoms with Gasteiger partial charge in [0, 0.05) is 35.2 Å². The van der Waals surface area contributed by atoms with E-state index in [9.17, 15) is 9.18 Å². The first kappa shape index (κ1) is 25.4. The third-order valence-corrected chi connectivity index (χ3v) is 6.92. The number of methoxy groups -OCH3 is 1. The molecule has 4 rings (SSSR count). The molecule has 1 saturated heterocycles. The summed E-state index contributed by atoms with van der Waals surface area (Å²) in [6.07, 6.45) is 3.35. The number of Topliss-reactive ketones (excluding diaryl/α,β-unsaturated/α-hetero) is 1. The number of hydrogen-bond acceptors (Lipinski definition) is 4. The number of ketones is 1. The van der Waals surface area contributed by atoms with E-state index >= 15 is 0 Å². The minimum absolute atomic E-state index is 0.0565. The molecule has 0 saturated carbocycles. The highest BCUT2D eigenvalue weighted by atomic mass is 35.5. The van der Waals surface area contributed by atoms with E-state index < -0.39 is 0 Å². The lowest BCUT2D eigenvalue weighted by atomic mass is 9.89. The van der Waals surface area contributed by atoms with E-state index in [-0.39, 0.29) is 23.7 Å². The second-order valence-electron chi connectivity index (χ2n) is 9.01. The summed E-state index contributed by atoms with van der Waals surface area (Å²) >= 11 is 6.24. The summed E-state index contributed by atoms with van der Waals surface area (Å²) < 4.78 is 18.7. The Morgan fingerprint density at radius 1 is 1.11 bits per heavy atom. The fourth-order valence-electron chi connectivity index (χ4n) is 4.97. The summed E-state index contributed by atoms with van der Waals surface area (Å²) in [6.45, 7) is 2.47. The van der Waals surface area contributed by atoms with Crippen LogP contribution in [0.4, 0.5) is 4.39 Å². The number of hydrogen-bond donors (Lipinski definition) is 1. The molecule has 3 aromatic rings. The largest absolute Gasteiger partial charge is 0.496 e. The number of piperidine rings is 1. The number of likely N-dealkylation sites (tertiary alicyclic amines) is 1. The summed E-state index contributed by atoms with van der Waals surface area (Å²) in [4.78, 5) is 15.1. The molecule has 2 unspecified atom stereocenters. The van der Waals surface area contributed by atoms with Crippen molar-refractivity contribution in [3.8, 4) is 5.75 Å². The van der Waals surface area contributed by atoms with Crippen LogP contribution in [0.15, 0.2) is 72.8 Å². The summed E-state index contributed by atoms with van der Waals surface area (Å²) in [5.41, 5.74) is 2.88. The Balaban J connectivity index is 1.44. The molecular weight excluding hydrogens is 463 g/mol. The summed E-state index contributed by atoms with van der Waals surface area (Å²) in [5.74, 6) is 0.556. The van der Waals surface area contributed by atoms with E-state index in [4.69, 9.17) is 16.3 Å². The Hall–Kier alpha value is -2.73. The Kier molecular flexibility index (Phi) is 8.91. The van der Waals surface area contributed by atoms with Gasteiger partial charge in [0.1, 0.15) is 11.6 Å². The minimum Gasteiger partial charge on any atom is -0.496 e. The second-order valence-corrected chi connectivity index (χ2v) is 9.45. The molecule has 6 heteroatoms. The molecule has 0 radical (unpaired) electrons. The normalized spacial score (nSPS) is 18.4. The lowest BCUT2D eigenvalue weighted by Gasteiger charge is -2.42. The van der Waals surface area contributed by atoms with E-state index in [2.05, 4.69) is 34.5 Å². The average molecular weight is 495 g/mol. The molecule has 0 amide bonds. The van der Waals surface area contributed by atoms with Crippen molar-refractivity contribution in [2.45, 2.75) is 44.3 Å². The van der Waals surface area contributed by atoms with Gasteiger partial charge in [-0.1, -0.05) is 41.9 Å². The number of carbonyl (C=O) groups excluding carboxylic acids is 1. The first-order valence-electron chi connectivity index (χ1n) is 12.2. The number of nitrogens with zero attached hydrogens (tertiary/aromatic N) is 1. The molecule has 2 atom stereocenters. The summed E-state index contributed by atoms with van der Waals surface area (Å²) in [6, 6.07) is 22.5. The van der Waals surface area contributed by atoms with Gasteiger partial charge in [-0.2, -0.15) is 0 Å². The van der Waals surface area contributed by atoms with Crippen LogP contribution in [0.5, 0.6) is 5.75 Å². The van der Waals surface area contributed by atoms with Gasteiger partial charge < -0.3 is 10.1 Å². The number of carbonyl (C=O) groups is 1. The first-order valence-corrected chi connectivity index (χ1v) is 12.6. The predicted octanol–water partition coefficient (Wildman–Crippen LogP) is 6.45. The van der Waals surface area contributed by atoms with Crippen molar-refractivity contribution >= 4 is 17.4 Å². The molecule has 1 aliphatic rings. The van der Waals surface area contributed by atoms with Gasteiger partial charge in [-0.3, -0.25) is 9.69 Å². The van der Waals surface area contributed by atoms with Crippen molar-refractivity contribution in [3.05, 3.63) is 100 Å². The molecule has 1 fully saturated rings. The monoisotopic (exact) mass is 494 g/mol. The van der Waals surface area contributed by atoms with Crippen molar-refractivity contribution in [3.63, 3.8) is 0 Å². The smallest absolute Gasteiger partial charge is 0.162 e. The molecule has 1 heterocycles. The quantitative estimate of drug-likeness (QED) is 0.329. The zero-order valence-corrected chi connectivity index (χ0v) is 20.8. The van der Waals surface area contributed by atoms with E-state index in [0.717, 1.165) is 43.7 Å². The van der Waals surface area contributed by atoms with Crippen LogP contribution in [0, 0.1) is 5.82 Å². The SMILES string of the molecule is COc1ccc(Cl)cc1CNC1CCCN(CCCC(=O)c2ccc(F)cc2)C1c1ccccc1. The number of halogens is 2. The second kappa shape index (κ2) is 12.3. The van der Waals surface area contributed by atoms with Gasteiger partial charge in [-0.05, 0) is 80.4 Å². The third-order valence-electron chi connectivity index (χ3n) is 6.69. The third kappa shape index (κ3) is 6.69. The molecule has 1 N–H and O–H groups in total. The summed E-state index contributed by atoms with van der Waals surface area (Å²) in [7, 11) is 1.68. The lowest BCUT2D eigenvalue weighted by Crippen LogP contribution is -2.48. The number of ether oxygens (including phenoxy) is 1. The minimum atomic E-state index is -0.325. The van der Waals surface area contributed by atoms with E-state index in [1.165, 1.54) is 17.7 Å². The van der Waals surface area contributed by atoms with Crippen molar-refractivity contribution in [1.82, 2.24) is 10.2 Å². The highest BCUT2D eigenvalue weighted by Crippen LogP contribution is 2.32. The maximum atomic E-state index is 13.2. The number of benzene rings is 3. The predicted molar refractivity (Wildman–Crippen MR) is 139 cm³/mol. The van der Waals surface area contributed by atoms with Crippen LogP contribution in [0.2, 0.25) is 5.02 Å². The Labute approximate surface area is 212 Å². The number of nitrogens with one attached hydrogen (secondary N) is 1. The van der Waals surface area contributed by atoms with Crippen LogP contribution in [0.25, 0.3) is 0 Å². The van der Waals surface area contributed by atoms with Gasteiger partial charge in [-0.15, -0.1) is 0 Å². The Bertz CT molecular complexity index is 1110. The molecule has 0 spiro atoms. The van der Waals surface area contributed by atoms with Gasteiger partial charge in [0.25, 0.3) is 0 Å². The van der Waals surface area contributed by atoms with Gasteiger partial charge in [0.15, 0.2) is 5.78 Å². The molecule has 184 valence electrons. The summed E-state index contributed by atoms with van der Waals surface area (Å²) in [5, 5.41) is 4.46. The van der Waals surface area contributed by atoms with E-state index in [0.29, 0.717) is 23.6 Å². The van der Waals surface area contributed by atoms with Gasteiger partial charge in [0.05, 0.1) is 13.2 Å². The van der Waals surface area contributed by atoms with Crippen LogP contribution < -0.4 is 10.1 Å². The maximum Gasteiger partial charge on any atom is 0.162 e. The highest BCUT2D eigenvalue weighted by Gasteiger charge is 2.32. The lowest BCUT2D eigenvalue weighted by molar-refractivity contribution is 0.0929. The van der Waals surface area contributed by atoms with Crippen molar-refractivity contribution in [2.24, 2.45) is 0 Å². The van der Waals surface area contributed by atoms with E-state index in [1.807, 2.05) is 24.3 Å². The first-order chi connectivity index (χ1) is 17.0. The standard InChI is InChI=1S/C29H32ClFN2O2/c1-35-28-16-13-24(30)19-23(28)20-32-26-9-5-17-33(29(26)22-7-3-2-4-8-22)18-6-10-27(34)21-11-14-25(31)15-12-21/h2-4,7-8,11-16,19,26,29,32H,5-6,9-10,17-18,20H2,1H3. The topological polar surface area (TPSA) is 41.6 Å². The molecule has 1 aliphatic heterocycles. The highest BCUT2D eigenvalue weighted by molar-refractivity contribution is 6.30. The molecule has 0 aliphatic carbocycles. The van der Waals surface area contributed by atoms with Crippen LogP contribution in [0.1, 0.15) is 53.2 Å². The molecule has 0 aromatic heterocycles. The van der Waals surface area contributed by atoms with Crippen molar-refractivity contribution < 1.29 is 13.9 Å². The molecule has 4 nitrogen and oxygen atoms in total. The molecule has 0 bridgehead atoms. The molecule has 35 heavy (non-hydrogen) atoms. The van der Waals surface area contributed by atoms with Gasteiger partial charge >= 0.3 is 0 Å². The Morgan fingerprint density at radius 3 is 2.63 bits per heavy atom. The van der Waals surface area contributed by atoms with E-state index in [1.54, 1.807) is 19.2 Å². The van der Waals surface area contributed by atoms with Gasteiger partial charge in [0.2, 0.25) is 0 Å². The zero-order valence-electron chi connectivity index (χ0n) is 20.1. The maximum absolute atomic E-state index is 13.2. The van der Waals surface area contributed by atoms with Crippen LogP contribution in [-0.4, -0.2) is 36.9 Å². The van der Waals surface area contributed by atoms with Crippen LogP contribution in [-0.2, 0) is 6.54 Å². The fourth-order valence-corrected chi connectivity index (χ4v) is 5.17. The van der Waals surface area contributed by atoms with Crippen molar-refractivity contribution in [1.29, 1.82) is 0 Å². The zero-order chi connectivity index (χ0) is 24.6. The molecular formula is C29H32ClFN2O2. The average Bonchev–Trinajstić information content (AvgIpc) is 2.88. The molecule has 3 aromatic carbocycles. The van der Waals surface area contributed by atoms with Crippen LogP contribution >= 0.6 is 11.6 Å². The fraction of sp³-hybridized carbons (Fsp3) is 0.345. The van der Waals surface area contributed by atoms with Gasteiger partial charge in [-0.25, -0.2) is 4.39 Å². The Morgan fingerprint density at radius 2 is 1.89 bits per heavy atom. The van der Waals surface area contributed by atoms with Crippen molar-refractivity contribution in [2.75, 3.05) is 20.2 Å².